The molecular weight excluding hydrogens is 164 g/mol. The first-order valence-electron chi connectivity index (χ1n) is 4.98. The Balaban J connectivity index is 2.68. The van der Waals surface area contributed by atoms with Crippen LogP contribution in [0.5, 0.6) is 0 Å². The largest absolute Gasteiger partial charge is 0.478 e. The van der Waals surface area contributed by atoms with E-state index in [1.807, 2.05) is 0 Å². The van der Waals surface area contributed by atoms with Crippen LogP contribution in [0.4, 0.5) is 0 Å². The fourth-order valence-corrected chi connectivity index (χ4v) is 2.44. The van der Waals surface area contributed by atoms with E-state index in [1.54, 1.807) is 0 Å². The lowest BCUT2D eigenvalue weighted by Gasteiger charge is -2.17. The fraction of sp³-hybridized carbons (Fsp3) is 0.727. The third kappa shape index (κ3) is 2.11. The van der Waals surface area contributed by atoms with E-state index >= 15 is 0 Å². The summed E-state index contributed by atoms with van der Waals surface area (Å²) in [4.78, 5) is 10.8. The van der Waals surface area contributed by atoms with Crippen molar-refractivity contribution in [2.45, 2.75) is 33.1 Å². The van der Waals surface area contributed by atoms with Crippen LogP contribution in [0.1, 0.15) is 33.1 Å². The van der Waals surface area contributed by atoms with Gasteiger partial charge in [0, 0.05) is 5.57 Å². The number of rotatable bonds is 3. The summed E-state index contributed by atoms with van der Waals surface area (Å²) in [6.07, 6.45) is 3.23. The number of hydrogen-bond donors (Lipinski definition) is 1. The molecule has 74 valence electrons. The summed E-state index contributed by atoms with van der Waals surface area (Å²) in [5, 5.41) is 8.84. The highest BCUT2D eigenvalue weighted by molar-refractivity contribution is 5.86. The van der Waals surface area contributed by atoms with Crippen LogP contribution in [0.25, 0.3) is 0 Å². The Morgan fingerprint density at radius 2 is 2.15 bits per heavy atom. The van der Waals surface area contributed by atoms with Gasteiger partial charge < -0.3 is 5.11 Å². The number of carboxylic acid groups (broad SMARTS) is 1. The van der Waals surface area contributed by atoms with Crippen LogP contribution < -0.4 is 0 Å². The first kappa shape index (κ1) is 10.3. The van der Waals surface area contributed by atoms with Crippen LogP contribution in [0.3, 0.4) is 0 Å². The topological polar surface area (TPSA) is 37.3 Å². The second kappa shape index (κ2) is 3.95. The summed E-state index contributed by atoms with van der Waals surface area (Å²) in [5.74, 6) is 0.597. The van der Waals surface area contributed by atoms with E-state index < -0.39 is 5.97 Å². The average Bonchev–Trinajstić information content (AvgIpc) is 2.45. The molecule has 1 N–H and O–H groups in total. The highest BCUT2D eigenvalue weighted by atomic mass is 16.4. The molecule has 1 aliphatic carbocycles. The van der Waals surface area contributed by atoms with Crippen LogP contribution in [0.15, 0.2) is 12.2 Å². The standard InChI is InChI=1S/C11H18O2/c1-4-9-5-7(2)6-10(9)8(3)11(12)13/h7,9-10H,3-6H2,1-2H3,(H,12,13). The van der Waals surface area contributed by atoms with Crippen molar-refractivity contribution in [2.75, 3.05) is 0 Å². The van der Waals surface area contributed by atoms with Gasteiger partial charge in [-0.15, -0.1) is 0 Å². The molecular formula is C11H18O2. The molecule has 0 aliphatic heterocycles. The van der Waals surface area contributed by atoms with E-state index in [9.17, 15) is 4.79 Å². The Morgan fingerprint density at radius 3 is 2.62 bits per heavy atom. The van der Waals surface area contributed by atoms with E-state index in [2.05, 4.69) is 20.4 Å². The predicted molar refractivity (Wildman–Crippen MR) is 52.4 cm³/mol. The minimum absolute atomic E-state index is 0.220. The van der Waals surface area contributed by atoms with E-state index in [0.29, 0.717) is 17.4 Å². The summed E-state index contributed by atoms with van der Waals surface area (Å²) in [6, 6.07) is 0. The van der Waals surface area contributed by atoms with E-state index in [4.69, 9.17) is 5.11 Å². The molecule has 1 fully saturated rings. The van der Waals surface area contributed by atoms with Gasteiger partial charge in [-0.1, -0.05) is 26.8 Å². The first-order chi connectivity index (χ1) is 6.06. The molecule has 0 bridgehead atoms. The molecule has 1 saturated carbocycles. The molecule has 0 aromatic carbocycles. The number of aliphatic carboxylic acids is 1. The summed E-state index contributed by atoms with van der Waals surface area (Å²) >= 11 is 0. The Bertz CT molecular complexity index is 220. The van der Waals surface area contributed by atoms with Crippen LogP contribution >= 0.6 is 0 Å². The molecule has 0 heterocycles. The van der Waals surface area contributed by atoms with Gasteiger partial charge in [0.15, 0.2) is 0 Å². The van der Waals surface area contributed by atoms with Crippen LogP contribution in [-0.2, 0) is 4.79 Å². The van der Waals surface area contributed by atoms with Gasteiger partial charge in [-0.2, -0.15) is 0 Å². The van der Waals surface area contributed by atoms with Crippen LogP contribution in [-0.4, -0.2) is 11.1 Å². The maximum atomic E-state index is 10.8. The van der Waals surface area contributed by atoms with Crippen molar-refractivity contribution >= 4 is 5.97 Å². The van der Waals surface area contributed by atoms with E-state index in [1.165, 1.54) is 0 Å². The zero-order chi connectivity index (χ0) is 10.0. The lowest BCUT2D eigenvalue weighted by molar-refractivity contribution is -0.133. The highest BCUT2D eigenvalue weighted by Crippen LogP contribution is 2.41. The molecule has 0 aromatic heterocycles. The summed E-state index contributed by atoms with van der Waals surface area (Å²) in [5.41, 5.74) is 0.413. The molecule has 2 heteroatoms. The molecule has 0 aromatic rings. The van der Waals surface area contributed by atoms with Crippen LogP contribution in [0.2, 0.25) is 0 Å². The van der Waals surface area contributed by atoms with Crippen molar-refractivity contribution in [2.24, 2.45) is 17.8 Å². The second-order valence-electron chi connectivity index (χ2n) is 4.18. The quantitative estimate of drug-likeness (QED) is 0.681. The van der Waals surface area contributed by atoms with Gasteiger partial charge in [0.2, 0.25) is 0 Å². The van der Waals surface area contributed by atoms with Crippen molar-refractivity contribution in [3.05, 3.63) is 12.2 Å². The second-order valence-corrected chi connectivity index (χ2v) is 4.18. The minimum Gasteiger partial charge on any atom is -0.478 e. The van der Waals surface area contributed by atoms with Crippen molar-refractivity contribution < 1.29 is 9.90 Å². The monoisotopic (exact) mass is 182 g/mol. The molecule has 0 radical (unpaired) electrons. The van der Waals surface area contributed by atoms with Crippen molar-refractivity contribution in [1.82, 2.24) is 0 Å². The minimum atomic E-state index is -0.822. The molecule has 0 amide bonds. The van der Waals surface area contributed by atoms with Crippen LogP contribution in [0, 0.1) is 17.8 Å². The lowest BCUT2D eigenvalue weighted by Crippen LogP contribution is -2.15. The summed E-state index contributed by atoms with van der Waals surface area (Å²) in [7, 11) is 0. The summed E-state index contributed by atoms with van der Waals surface area (Å²) in [6.45, 7) is 7.99. The van der Waals surface area contributed by atoms with Gasteiger partial charge in [0.25, 0.3) is 0 Å². The van der Waals surface area contributed by atoms with E-state index in [0.717, 1.165) is 19.3 Å². The van der Waals surface area contributed by atoms with Gasteiger partial charge >= 0.3 is 5.97 Å². The molecule has 2 nitrogen and oxygen atoms in total. The van der Waals surface area contributed by atoms with Crippen molar-refractivity contribution in [3.8, 4) is 0 Å². The molecule has 1 rings (SSSR count). The first-order valence-corrected chi connectivity index (χ1v) is 4.98. The maximum absolute atomic E-state index is 10.8. The van der Waals surface area contributed by atoms with Crippen molar-refractivity contribution in [3.63, 3.8) is 0 Å². The molecule has 0 saturated heterocycles. The van der Waals surface area contributed by atoms with Gasteiger partial charge in [-0.25, -0.2) is 4.79 Å². The zero-order valence-corrected chi connectivity index (χ0v) is 8.42. The lowest BCUT2D eigenvalue weighted by atomic mass is 9.88. The third-order valence-electron chi connectivity index (χ3n) is 3.18. The Kier molecular flexibility index (Phi) is 3.12. The van der Waals surface area contributed by atoms with Gasteiger partial charge in [0.05, 0.1) is 0 Å². The Morgan fingerprint density at radius 1 is 1.54 bits per heavy atom. The molecule has 3 unspecified atom stereocenters. The Hall–Kier alpha value is -0.790. The molecule has 0 spiro atoms. The third-order valence-corrected chi connectivity index (χ3v) is 3.18. The fourth-order valence-electron chi connectivity index (χ4n) is 2.44. The zero-order valence-electron chi connectivity index (χ0n) is 8.42. The van der Waals surface area contributed by atoms with Gasteiger partial charge in [-0.05, 0) is 30.6 Å². The molecule has 3 atom stereocenters. The number of carbonyl (C=O) groups is 1. The SMILES string of the molecule is C=C(C(=O)O)C1CC(C)CC1CC. The number of hydrogen-bond acceptors (Lipinski definition) is 1. The molecule has 13 heavy (non-hydrogen) atoms. The summed E-state index contributed by atoms with van der Waals surface area (Å²) < 4.78 is 0. The number of carboxylic acids is 1. The maximum Gasteiger partial charge on any atom is 0.331 e. The smallest absolute Gasteiger partial charge is 0.331 e. The average molecular weight is 182 g/mol. The van der Waals surface area contributed by atoms with Gasteiger partial charge in [0.1, 0.15) is 0 Å². The van der Waals surface area contributed by atoms with E-state index in [-0.39, 0.29) is 5.92 Å². The molecule has 1 aliphatic rings. The Labute approximate surface area is 79.6 Å². The normalized spacial score (nSPS) is 33.2. The van der Waals surface area contributed by atoms with Gasteiger partial charge in [-0.3, -0.25) is 0 Å². The van der Waals surface area contributed by atoms with Crippen molar-refractivity contribution in [1.29, 1.82) is 0 Å². The highest BCUT2D eigenvalue weighted by Gasteiger charge is 2.34. The predicted octanol–water partition coefficient (Wildman–Crippen LogP) is 2.70.